The highest BCUT2D eigenvalue weighted by Crippen LogP contribution is 2.31. The molecule has 3 N–H and O–H groups in total. The summed E-state index contributed by atoms with van der Waals surface area (Å²) in [6, 6.07) is 6.77. The molecule has 2 nitrogen and oxygen atoms in total. The molecule has 3 unspecified atom stereocenters. The Hall–Kier alpha value is -1.09. The van der Waals surface area contributed by atoms with Crippen LogP contribution in [0.3, 0.4) is 0 Å². The first-order valence-electron chi connectivity index (χ1n) is 7.14. The zero-order valence-corrected chi connectivity index (χ0v) is 12.9. The predicted molar refractivity (Wildman–Crippen MR) is 86.7 cm³/mol. The minimum Gasteiger partial charge on any atom is -0.389 e. The molecule has 0 amide bonds. The highest BCUT2D eigenvalue weighted by molar-refractivity contribution is 7.80. The van der Waals surface area contributed by atoms with Gasteiger partial charge in [-0.3, -0.25) is 0 Å². The molecule has 1 aromatic carbocycles. The fourth-order valence-electron chi connectivity index (χ4n) is 3.07. The van der Waals surface area contributed by atoms with E-state index in [9.17, 15) is 0 Å². The van der Waals surface area contributed by atoms with E-state index in [1.165, 1.54) is 24.8 Å². The van der Waals surface area contributed by atoms with Crippen LogP contribution < -0.4 is 11.1 Å². The van der Waals surface area contributed by atoms with Crippen LogP contribution in [0.15, 0.2) is 18.2 Å². The van der Waals surface area contributed by atoms with Gasteiger partial charge in [-0.1, -0.05) is 32.1 Å². The molecule has 0 bridgehead atoms. The Kier molecular flexibility index (Phi) is 4.46. The summed E-state index contributed by atoms with van der Waals surface area (Å²) in [6.07, 6.45) is 3.83. The molecule has 1 fully saturated rings. The summed E-state index contributed by atoms with van der Waals surface area (Å²) in [5.41, 5.74) is 9.11. The molecule has 0 saturated heterocycles. The molecule has 0 aliphatic heterocycles. The third kappa shape index (κ3) is 3.47. The summed E-state index contributed by atoms with van der Waals surface area (Å²) in [6.45, 7) is 6.78. The number of nitrogens with two attached hydrogens (primary N) is 1. The van der Waals surface area contributed by atoms with Crippen molar-refractivity contribution >= 4 is 22.9 Å². The van der Waals surface area contributed by atoms with Gasteiger partial charge in [-0.15, -0.1) is 0 Å². The lowest BCUT2D eigenvalue weighted by molar-refractivity contribution is 0.276. The quantitative estimate of drug-likeness (QED) is 0.823. The van der Waals surface area contributed by atoms with E-state index >= 15 is 0 Å². The number of benzene rings is 1. The Balaban J connectivity index is 2.18. The minimum absolute atomic E-state index is 0.472. The van der Waals surface area contributed by atoms with Crippen molar-refractivity contribution in [3.05, 3.63) is 29.3 Å². The first-order valence-corrected chi connectivity index (χ1v) is 7.55. The number of rotatable bonds is 3. The van der Waals surface area contributed by atoms with Crippen LogP contribution in [0.5, 0.6) is 0 Å². The highest BCUT2D eigenvalue weighted by atomic mass is 32.1. The van der Waals surface area contributed by atoms with E-state index in [1.807, 2.05) is 6.07 Å². The van der Waals surface area contributed by atoms with E-state index in [2.05, 4.69) is 38.2 Å². The Bertz CT molecular complexity index is 470. The Labute approximate surface area is 121 Å². The standard InChI is InChI=1S/C16H24N2S/c1-10-5-7-14(12(3)8-10)18-15-9-11(2)4-6-13(15)16(17)19/h4,6,9-10,12,14,18H,5,7-8H2,1-3H3,(H2,17,19). The average Bonchev–Trinajstić information content (AvgIpc) is 2.32. The van der Waals surface area contributed by atoms with E-state index in [1.54, 1.807) is 0 Å². The average molecular weight is 276 g/mol. The number of hydrogen-bond donors (Lipinski definition) is 2. The van der Waals surface area contributed by atoms with Crippen LogP contribution in [-0.4, -0.2) is 11.0 Å². The molecule has 3 atom stereocenters. The summed E-state index contributed by atoms with van der Waals surface area (Å²) in [5.74, 6) is 1.55. The second kappa shape index (κ2) is 5.91. The smallest absolute Gasteiger partial charge is 0.106 e. The van der Waals surface area contributed by atoms with Crippen LogP contribution in [0.4, 0.5) is 5.69 Å². The first-order chi connectivity index (χ1) is 8.97. The van der Waals surface area contributed by atoms with Crippen molar-refractivity contribution in [2.75, 3.05) is 5.32 Å². The number of thiocarbonyl (C=S) groups is 1. The highest BCUT2D eigenvalue weighted by Gasteiger charge is 2.25. The molecule has 3 heteroatoms. The molecule has 0 spiro atoms. The topological polar surface area (TPSA) is 38.0 Å². The largest absolute Gasteiger partial charge is 0.389 e. The van der Waals surface area contributed by atoms with Gasteiger partial charge in [0.15, 0.2) is 0 Å². The molecular weight excluding hydrogens is 252 g/mol. The molecule has 2 rings (SSSR count). The third-order valence-electron chi connectivity index (χ3n) is 4.21. The maximum Gasteiger partial charge on any atom is 0.106 e. The summed E-state index contributed by atoms with van der Waals surface area (Å²) in [5, 5.41) is 3.67. The maximum atomic E-state index is 5.82. The zero-order chi connectivity index (χ0) is 14.0. The molecule has 1 saturated carbocycles. The van der Waals surface area contributed by atoms with Gasteiger partial charge < -0.3 is 11.1 Å². The van der Waals surface area contributed by atoms with Crippen molar-refractivity contribution in [1.29, 1.82) is 0 Å². The maximum absolute atomic E-state index is 5.82. The fraction of sp³-hybridized carbons (Fsp3) is 0.562. The Morgan fingerprint density at radius 3 is 2.68 bits per heavy atom. The van der Waals surface area contributed by atoms with Gasteiger partial charge in [0.1, 0.15) is 4.99 Å². The van der Waals surface area contributed by atoms with Crippen LogP contribution in [0, 0.1) is 18.8 Å². The number of nitrogens with one attached hydrogen (secondary N) is 1. The Morgan fingerprint density at radius 1 is 1.32 bits per heavy atom. The monoisotopic (exact) mass is 276 g/mol. The van der Waals surface area contributed by atoms with Gasteiger partial charge >= 0.3 is 0 Å². The number of anilines is 1. The minimum atomic E-state index is 0.472. The van der Waals surface area contributed by atoms with Crippen molar-refractivity contribution in [2.45, 2.75) is 46.1 Å². The van der Waals surface area contributed by atoms with Crippen molar-refractivity contribution in [3.8, 4) is 0 Å². The normalized spacial score (nSPS) is 27.0. The molecule has 1 aromatic rings. The van der Waals surface area contributed by atoms with Crippen LogP contribution in [0.25, 0.3) is 0 Å². The SMILES string of the molecule is Cc1ccc(C(N)=S)c(NC2CCC(C)CC2C)c1. The van der Waals surface area contributed by atoms with Crippen LogP contribution >= 0.6 is 12.2 Å². The third-order valence-corrected chi connectivity index (χ3v) is 4.43. The second-order valence-corrected chi connectivity index (χ2v) is 6.50. The first kappa shape index (κ1) is 14.3. The zero-order valence-electron chi connectivity index (χ0n) is 12.1. The van der Waals surface area contributed by atoms with Crippen molar-refractivity contribution in [3.63, 3.8) is 0 Å². The molecular formula is C16H24N2S. The lowest BCUT2D eigenvalue weighted by Gasteiger charge is -2.34. The molecule has 0 heterocycles. The van der Waals surface area contributed by atoms with Crippen molar-refractivity contribution in [2.24, 2.45) is 17.6 Å². The molecule has 0 radical (unpaired) electrons. The fourth-order valence-corrected chi connectivity index (χ4v) is 3.25. The number of aryl methyl sites for hydroxylation is 1. The molecule has 1 aliphatic carbocycles. The van der Waals surface area contributed by atoms with E-state index in [-0.39, 0.29) is 0 Å². The molecule has 104 valence electrons. The summed E-state index contributed by atoms with van der Waals surface area (Å²) < 4.78 is 0. The predicted octanol–water partition coefficient (Wildman–Crippen LogP) is 3.87. The number of hydrogen-bond acceptors (Lipinski definition) is 2. The summed E-state index contributed by atoms with van der Waals surface area (Å²) in [7, 11) is 0. The van der Waals surface area contributed by atoms with Crippen LogP contribution in [0.1, 0.15) is 44.2 Å². The second-order valence-electron chi connectivity index (χ2n) is 6.06. The van der Waals surface area contributed by atoms with Crippen LogP contribution in [-0.2, 0) is 0 Å². The van der Waals surface area contributed by atoms with Gasteiger partial charge in [-0.2, -0.15) is 0 Å². The summed E-state index contributed by atoms with van der Waals surface area (Å²) >= 11 is 5.15. The Morgan fingerprint density at radius 2 is 2.05 bits per heavy atom. The molecule has 0 aromatic heterocycles. The van der Waals surface area contributed by atoms with Gasteiger partial charge in [-0.25, -0.2) is 0 Å². The van der Waals surface area contributed by atoms with Crippen molar-refractivity contribution in [1.82, 2.24) is 0 Å². The van der Waals surface area contributed by atoms with Gasteiger partial charge in [0.2, 0.25) is 0 Å². The lowest BCUT2D eigenvalue weighted by atomic mass is 9.79. The molecule has 1 aliphatic rings. The van der Waals surface area contributed by atoms with Crippen LogP contribution in [0.2, 0.25) is 0 Å². The summed E-state index contributed by atoms with van der Waals surface area (Å²) in [4.78, 5) is 0.472. The van der Waals surface area contributed by atoms with Gasteiger partial charge in [0.25, 0.3) is 0 Å². The van der Waals surface area contributed by atoms with Gasteiger partial charge in [0.05, 0.1) is 0 Å². The van der Waals surface area contributed by atoms with E-state index in [4.69, 9.17) is 18.0 Å². The lowest BCUT2D eigenvalue weighted by Crippen LogP contribution is -2.33. The van der Waals surface area contributed by atoms with Gasteiger partial charge in [-0.05, 0) is 55.7 Å². The van der Waals surface area contributed by atoms with E-state index in [0.717, 1.165) is 17.2 Å². The molecule has 19 heavy (non-hydrogen) atoms. The van der Waals surface area contributed by atoms with Crippen molar-refractivity contribution < 1.29 is 0 Å². The van der Waals surface area contributed by atoms with Gasteiger partial charge in [0, 0.05) is 17.3 Å². The van der Waals surface area contributed by atoms with E-state index in [0.29, 0.717) is 16.9 Å². The van der Waals surface area contributed by atoms with E-state index < -0.39 is 0 Å².